The first-order chi connectivity index (χ1) is 61.4. The van der Waals surface area contributed by atoms with Gasteiger partial charge in [0.15, 0.2) is 23.8 Å². The van der Waals surface area contributed by atoms with E-state index in [4.69, 9.17) is 40.6 Å². The van der Waals surface area contributed by atoms with Gasteiger partial charge < -0.3 is 152 Å². The Kier molecular flexibility index (Phi) is 40.5. The van der Waals surface area contributed by atoms with Crippen molar-refractivity contribution < 1.29 is 119 Å². The molecule has 20 N–H and O–H groups in total. The molecule has 7 amide bonds. The van der Waals surface area contributed by atoms with Crippen LogP contribution in [-0.4, -0.2) is 448 Å². The molecule has 12 aliphatic heterocycles. The molecule has 0 aromatic carbocycles. The molecular formula is C90H146N12O24P6S. The Morgan fingerprint density at radius 1 is 0.406 bits per heavy atom. The molecule has 6 fully saturated rings. The summed E-state index contributed by atoms with van der Waals surface area (Å²) in [6.07, 6.45) is 25.2. The Morgan fingerprint density at radius 2 is 0.729 bits per heavy atom. The van der Waals surface area contributed by atoms with Crippen LogP contribution in [0.5, 0.6) is 0 Å². The lowest BCUT2D eigenvalue weighted by molar-refractivity contribution is -0.128. The number of hydrogen-bond acceptors (Lipinski definition) is 28. The van der Waals surface area contributed by atoms with Crippen LogP contribution in [0.1, 0.15) is 45.4 Å². The molecule has 0 saturated carbocycles. The van der Waals surface area contributed by atoms with Crippen molar-refractivity contribution in [1.82, 2.24) is 61.7 Å². The number of amides is 7. The minimum Gasteiger partial charge on any atom is -0.391 e. The molecule has 0 radical (unpaired) electrons. The van der Waals surface area contributed by atoms with Crippen LogP contribution in [0.3, 0.4) is 0 Å². The molecule has 0 bridgehead atoms. The lowest BCUT2D eigenvalue weighted by Crippen LogP contribution is -2.48. The quantitative estimate of drug-likeness (QED) is 0.0348. The number of carbonyl (C=O) groups excluding carboxylic acids is 5. The molecule has 24 atom stereocenters. The number of nitrogens with zero attached hydrogens (tertiary/aromatic N) is 5. The second-order valence-corrected chi connectivity index (χ2v) is 65.2. The number of carbonyl (C=O) groups is 5. The fourth-order valence-electron chi connectivity index (χ4n) is 15.3. The Labute approximate surface area is 789 Å². The second-order valence-electron chi connectivity index (χ2n) is 38.9. The highest BCUT2D eigenvalue weighted by Gasteiger charge is 2.52. The minimum atomic E-state index is -1.26. The van der Waals surface area contributed by atoms with Crippen LogP contribution in [-0.2, 0) is 42.8 Å². The smallest absolute Gasteiger partial charge is 0.325 e. The van der Waals surface area contributed by atoms with Gasteiger partial charge in [0.2, 0.25) is 0 Å². The molecule has 0 aromatic rings. The summed E-state index contributed by atoms with van der Waals surface area (Å²) in [6, 6.07) is -0.668. The van der Waals surface area contributed by atoms with Gasteiger partial charge in [-0.2, -0.15) is 0 Å². The van der Waals surface area contributed by atoms with E-state index in [1.54, 1.807) is 38.3 Å². The summed E-state index contributed by atoms with van der Waals surface area (Å²) in [7, 11) is 3.21. The summed E-state index contributed by atoms with van der Waals surface area (Å²) in [5.41, 5.74) is 3.55. The lowest BCUT2D eigenvalue weighted by Gasteiger charge is -2.36. The van der Waals surface area contributed by atoms with Gasteiger partial charge in [-0.15, -0.1) is 85.0 Å². The van der Waals surface area contributed by atoms with E-state index < -0.39 is 195 Å². The maximum absolute atomic E-state index is 11.9. The van der Waals surface area contributed by atoms with E-state index in [2.05, 4.69) is 206 Å². The number of aliphatic hydroxyl groups is 13. The third-order valence-electron chi connectivity index (χ3n) is 23.2. The maximum atomic E-state index is 11.9. The molecule has 12 heterocycles. The molecule has 0 spiro atoms. The van der Waals surface area contributed by atoms with Crippen molar-refractivity contribution >= 4 is 126 Å². The van der Waals surface area contributed by atoms with Crippen LogP contribution in [0.25, 0.3) is 0 Å². The summed E-state index contributed by atoms with van der Waals surface area (Å²) in [4.78, 5) is 65.1. The van der Waals surface area contributed by atoms with E-state index >= 15 is 0 Å². The van der Waals surface area contributed by atoms with E-state index in [0.717, 1.165) is 37.0 Å². The van der Waals surface area contributed by atoms with Gasteiger partial charge >= 0.3 is 12.1 Å². The third kappa shape index (κ3) is 31.8. The zero-order valence-corrected chi connectivity index (χ0v) is 85.4. The number of hydrogen-bond donors (Lipinski definition) is 20. The van der Waals surface area contributed by atoms with Crippen molar-refractivity contribution in [2.45, 2.75) is 192 Å². The van der Waals surface area contributed by atoms with Crippen LogP contribution in [0, 0.1) is 11.8 Å². The Bertz CT molecular complexity index is 4840. The van der Waals surface area contributed by atoms with E-state index in [0.29, 0.717) is 83.3 Å². The molecule has 746 valence electrons. The SMILES string of the molecule is C=C1N(C)C(=O)C=CN1[C@@H]1O[C@H](CCP(=C)(C)C)[C@@H](O)[C@H]1O.C=C1NC(=O)C(C#CC)=CN1[C@@H]1O[C@H](CCP(=C)(C)C)[C@@H](O)[C@H]1O.C=C1NC(=O)C(CO)=CN1[C@@H]1O[C@H](CCP(=C)(C)C)[C@@H](O)[C@H]1O.C=C1NC(=O)N(C)C=C1[C@@H]1O[C@H](CCP(=C)(C)C)[C@@H](O)[C@H]1O.C=C1NC(=O)NC=C1[C@@H]1O[C@H](CCP(=C)(C)C)[C@@H](O)[C@H]1O.C=C1NC(=S)NC=C1[C@@H]1O[C@H](CCP(=C)(C)C)[C@@H](O)[C@H]1O. The van der Waals surface area contributed by atoms with Gasteiger partial charge in [0, 0.05) is 91.2 Å². The predicted octanol–water partition coefficient (Wildman–Crippen LogP) is 1.31. The van der Waals surface area contributed by atoms with Crippen molar-refractivity contribution in [3.8, 4) is 11.8 Å². The van der Waals surface area contributed by atoms with E-state index in [-0.39, 0.29) is 52.8 Å². The molecule has 43 heteroatoms. The van der Waals surface area contributed by atoms with Crippen molar-refractivity contribution in [3.63, 3.8) is 0 Å². The van der Waals surface area contributed by atoms with Gasteiger partial charge in [0.25, 0.3) is 17.7 Å². The van der Waals surface area contributed by atoms with E-state index in [9.17, 15) is 90.4 Å². The molecule has 12 aliphatic rings. The average Bonchev–Trinajstić information content (AvgIpc) is 1.67. The van der Waals surface area contributed by atoms with Crippen LogP contribution in [0.15, 0.2) is 145 Å². The molecule has 6 saturated heterocycles. The van der Waals surface area contributed by atoms with E-state index in [1.807, 2.05) is 0 Å². The molecule has 133 heavy (non-hydrogen) atoms. The predicted molar refractivity (Wildman–Crippen MR) is 543 cm³/mol. The topological polar surface area (TPSA) is 504 Å². The number of thiocarbonyl (C=S) groups is 1. The number of likely N-dealkylation sites (N-methyl/N-ethyl adjacent to an activating group) is 1. The first kappa shape index (κ1) is 114. The van der Waals surface area contributed by atoms with Crippen LogP contribution < -0.4 is 37.2 Å². The Morgan fingerprint density at radius 3 is 1.08 bits per heavy atom. The lowest BCUT2D eigenvalue weighted by atomic mass is 9.99. The summed E-state index contributed by atoms with van der Waals surface area (Å²) >= 11 is 4.99. The van der Waals surface area contributed by atoms with Crippen molar-refractivity contribution in [3.05, 3.63) is 145 Å². The molecule has 12 rings (SSSR count). The number of urea groups is 2. The largest absolute Gasteiger partial charge is 0.391 e. The standard InChI is InChI=1S/C17H25N2O4P.C15H25N2O5P.2C15H25N2O4P.C14H23N2O4P.C14H23N2O3PS/c1-6-7-12-10-19(11(2)18-16(12)22)17-15(21)14(20)13(23-17)8-9-24(3,4)5;1-9-16-14(21)10(8-18)7-17(9)15-13(20)12(19)11(22-15)5-6-23(2,3)4;1-10-16(2)12(18)6-8-17(10)15-14(20)13(19)11(21-15)7-9-22(3,4)5;1-9-10(8-17(2)15(20)16-9)14-13(19)12(18)11(21-14)6-7-22(3,4)5;1-8-9(7-15-14(19)16-8)13-12(18)11(17)10(20-13)5-6-21(2,3)4;1-8-9(7-15-14(21)16-8)13-12(18)11(17)10(19-13)5-6-20(2,3)4/h10,13-15,17,20-21H,2-3,8-9H2,1,4-5H3,(H,18,22);7,11-13,15,18-20H,1-2,5-6,8H2,3-4H3,(H,16,21);6,8,11,13-15,19-20H,1,3,7,9H2,2,4-5H3;8,11-14,18-19H,1,3,6-7H2,2,4-5H3,(H,16,20);7,10-13,17-18H,1-2,5-6H2,3-4H3,(H2,15,16,19);7,10-13,17-18H,1-2,5-6H2,3-4H3,(H2,15,16,21)/t13-,14-,15-,17-;11-,12-,13-,15-;11-,13-,14-,15-;11-,12-,13-,14+;2*10-,11-,12-,13+/m111111/s1. The average molecular weight is 2000 g/mol. The van der Waals surface area contributed by atoms with Gasteiger partial charge in [-0.3, -0.25) is 19.3 Å². The highest BCUT2D eigenvalue weighted by Crippen LogP contribution is 2.46. The molecule has 36 nitrogen and oxygen atoms in total. The van der Waals surface area contributed by atoms with Gasteiger partial charge in [0.1, 0.15) is 115 Å². The highest BCUT2D eigenvalue weighted by molar-refractivity contribution is 7.80. The summed E-state index contributed by atoms with van der Waals surface area (Å²) in [5, 5.41) is 151. The first-order valence-electron chi connectivity index (χ1n) is 43.4. The first-order valence-corrected chi connectivity index (χ1v) is 62.1. The fraction of sp³-hybridized carbons (Fsp3) is 0.578. The summed E-state index contributed by atoms with van der Waals surface area (Å²) in [5.74, 6) is 5.32. The van der Waals surface area contributed by atoms with Gasteiger partial charge in [0.05, 0.1) is 48.8 Å². The fourth-order valence-corrected chi connectivity index (χ4v) is 21.2. The minimum absolute atomic E-state index is 0.135. The van der Waals surface area contributed by atoms with Crippen molar-refractivity contribution in [1.29, 1.82) is 0 Å². The van der Waals surface area contributed by atoms with Crippen LogP contribution >= 0.6 is 53.5 Å². The Balaban J connectivity index is 0.000000218. The van der Waals surface area contributed by atoms with Gasteiger partial charge in [-0.1, -0.05) is 45.4 Å². The zero-order valence-electron chi connectivity index (χ0n) is 79.2. The van der Waals surface area contributed by atoms with Gasteiger partial charge in [-0.05, 0) is 175 Å². The van der Waals surface area contributed by atoms with Crippen molar-refractivity contribution in [2.24, 2.45) is 0 Å². The van der Waals surface area contributed by atoms with Crippen LogP contribution in [0.4, 0.5) is 9.59 Å². The molecular weight excluding hydrogens is 1850 g/mol. The number of rotatable bonds is 25. The Hall–Kier alpha value is -6.48. The highest BCUT2D eigenvalue weighted by atomic mass is 32.1. The van der Waals surface area contributed by atoms with Crippen LogP contribution in [0.2, 0.25) is 0 Å². The third-order valence-corrected chi connectivity index (χ3v) is 32.3. The molecule has 0 aliphatic carbocycles. The van der Waals surface area contributed by atoms with Crippen molar-refractivity contribution in [2.75, 3.05) is 138 Å². The summed E-state index contributed by atoms with van der Waals surface area (Å²) < 4.78 is 35.0. The molecule has 0 aromatic heterocycles. The zero-order chi connectivity index (χ0) is 100. The normalized spacial score (nSPS) is 32.5. The van der Waals surface area contributed by atoms with E-state index in [1.165, 1.54) is 50.5 Å². The number of ether oxygens (including phenoxy) is 6. The monoisotopic (exact) mass is 2000 g/mol. The summed E-state index contributed by atoms with van der Waals surface area (Å²) in [6.45, 7) is 42.0. The second kappa shape index (κ2) is 47.5. The van der Waals surface area contributed by atoms with Gasteiger partial charge in [-0.25, -0.2) is 9.59 Å². The maximum Gasteiger partial charge on any atom is 0.325 e. The number of nitrogens with one attached hydrogen (secondary N) is 7. The molecule has 0 unspecified atom stereocenters. The number of aliphatic hydroxyl groups excluding tert-OH is 13.